The van der Waals surface area contributed by atoms with Crippen molar-refractivity contribution < 1.29 is 4.79 Å². The van der Waals surface area contributed by atoms with E-state index in [0.29, 0.717) is 19.5 Å². The molecule has 5 nitrogen and oxygen atoms in total. The summed E-state index contributed by atoms with van der Waals surface area (Å²) in [6.45, 7) is 3.96. The van der Waals surface area contributed by atoms with Gasteiger partial charge >= 0.3 is 0 Å². The Kier molecular flexibility index (Phi) is 3.94. The predicted molar refractivity (Wildman–Crippen MR) is 71.2 cm³/mol. The minimum Gasteiger partial charge on any atom is -0.355 e. The molecular weight excluding hydrogens is 228 g/mol. The Morgan fingerprint density at radius 1 is 1.50 bits per heavy atom. The van der Waals surface area contributed by atoms with Crippen molar-refractivity contribution in [2.45, 2.75) is 19.9 Å². The number of aromatic nitrogens is 2. The van der Waals surface area contributed by atoms with E-state index in [2.05, 4.69) is 21.8 Å². The molecule has 1 heterocycles. The molecule has 96 valence electrons. The number of amides is 1. The van der Waals surface area contributed by atoms with E-state index in [0.717, 1.165) is 23.1 Å². The monoisotopic (exact) mass is 246 g/mol. The van der Waals surface area contributed by atoms with Crippen LogP contribution in [0.3, 0.4) is 0 Å². The molecule has 0 unspecified atom stereocenters. The minimum atomic E-state index is -0.00489. The zero-order chi connectivity index (χ0) is 13.0. The summed E-state index contributed by atoms with van der Waals surface area (Å²) >= 11 is 0. The normalized spacial score (nSPS) is 10.8. The van der Waals surface area contributed by atoms with Gasteiger partial charge < -0.3 is 15.6 Å². The fourth-order valence-electron chi connectivity index (χ4n) is 1.93. The standard InChI is InChI=1S/C13H18N4O/c1-2-17-9-16-11-7-10(3-4-12(11)17)8-13(18)15-6-5-14/h3-4,7,9H,2,5-6,8,14H2,1H3,(H,15,18). The lowest BCUT2D eigenvalue weighted by molar-refractivity contribution is -0.120. The number of benzene rings is 1. The summed E-state index contributed by atoms with van der Waals surface area (Å²) < 4.78 is 2.08. The highest BCUT2D eigenvalue weighted by molar-refractivity contribution is 5.81. The van der Waals surface area contributed by atoms with Crippen LogP contribution in [0.1, 0.15) is 12.5 Å². The van der Waals surface area contributed by atoms with Crippen LogP contribution in [0.15, 0.2) is 24.5 Å². The van der Waals surface area contributed by atoms with E-state index in [1.54, 1.807) is 0 Å². The summed E-state index contributed by atoms with van der Waals surface area (Å²) in [4.78, 5) is 15.9. The molecule has 1 amide bonds. The van der Waals surface area contributed by atoms with Gasteiger partial charge in [-0.05, 0) is 24.6 Å². The highest BCUT2D eigenvalue weighted by Gasteiger charge is 2.06. The van der Waals surface area contributed by atoms with Gasteiger partial charge in [0.15, 0.2) is 0 Å². The second-order valence-electron chi connectivity index (χ2n) is 4.17. The molecule has 0 fully saturated rings. The van der Waals surface area contributed by atoms with Gasteiger partial charge in [-0.25, -0.2) is 4.98 Å². The molecule has 1 aromatic heterocycles. The van der Waals surface area contributed by atoms with E-state index in [1.165, 1.54) is 0 Å². The maximum atomic E-state index is 11.6. The fourth-order valence-corrected chi connectivity index (χ4v) is 1.93. The van der Waals surface area contributed by atoms with Gasteiger partial charge in [0.2, 0.25) is 5.91 Å². The number of hydrogen-bond acceptors (Lipinski definition) is 3. The number of nitrogens with zero attached hydrogens (tertiary/aromatic N) is 2. The lowest BCUT2D eigenvalue weighted by Crippen LogP contribution is -2.30. The Morgan fingerprint density at radius 2 is 2.33 bits per heavy atom. The lowest BCUT2D eigenvalue weighted by atomic mass is 10.1. The third-order valence-corrected chi connectivity index (χ3v) is 2.86. The van der Waals surface area contributed by atoms with Crippen LogP contribution in [-0.4, -0.2) is 28.5 Å². The molecule has 0 aliphatic rings. The van der Waals surface area contributed by atoms with Crippen LogP contribution in [0.4, 0.5) is 0 Å². The molecule has 3 N–H and O–H groups in total. The van der Waals surface area contributed by atoms with Crippen LogP contribution in [-0.2, 0) is 17.8 Å². The summed E-state index contributed by atoms with van der Waals surface area (Å²) in [6.07, 6.45) is 2.19. The van der Waals surface area contributed by atoms with Gasteiger partial charge in [0.1, 0.15) is 0 Å². The van der Waals surface area contributed by atoms with Crippen molar-refractivity contribution in [2.75, 3.05) is 13.1 Å². The molecule has 0 saturated heterocycles. The Bertz CT molecular complexity index is 547. The number of imidazole rings is 1. The van der Waals surface area contributed by atoms with Crippen molar-refractivity contribution in [2.24, 2.45) is 5.73 Å². The van der Waals surface area contributed by atoms with Gasteiger partial charge in [-0.1, -0.05) is 6.07 Å². The summed E-state index contributed by atoms with van der Waals surface area (Å²) in [7, 11) is 0. The van der Waals surface area contributed by atoms with Crippen molar-refractivity contribution in [1.29, 1.82) is 0 Å². The number of hydrogen-bond donors (Lipinski definition) is 2. The van der Waals surface area contributed by atoms with E-state index in [1.807, 2.05) is 24.5 Å². The van der Waals surface area contributed by atoms with Gasteiger partial charge in [0, 0.05) is 19.6 Å². The van der Waals surface area contributed by atoms with Crippen molar-refractivity contribution in [3.63, 3.8) is 0 Å². The SMILES string of the molecule is CCn1cnc2cc(CC(=O)NCCN)ccc21. The molecule has 0 saturated carbocycles. The van der Waals surface area contributed by atoms with Gasteiger partial charge in [0.25, 0.3) is 0 Å². The van der Waals surface area contributed by atoms with Gasteiger partial charge in [-0.2, -0.15) is 0 Å². The minimum absolute atomic E-state index is 0.00489. The molecule has 0 spiro atoms. The van der Waals surface area contributed by atoms with Gasteiger partial charge in [0.05, 0.1) is 23.8 Å². The van der Waals surface area contributed by atoms with Crippen molar-refractivity contribution in [1.82, 2.24) is 14.9 Å². The summed E-state index contributed by atoms with van der Waals surface area (Å²) in [5.41, 5.74) is 8.34. The second kappa shape index (κ2) is 5.64. The molecule has 0 bridgehead atoms. The summed E-state index contributed by atoms with van der Waals surface area (Å²) in [6, 6.07) is 5.94. The van der Waals surface area contributed by atoms with E-state index < -0.39 is 0 Å². The maximum absolute atomic E-state index is 11.6. The smallest absolute Gasteiger partial charge is 0.224 e. The highest BCUT2D eigenvalue weighted by Crippen LogP contribution is 2.15. The van der Waals surface area contributed by atoms with Crippen LogP contribution in [0, 0.1) is 0 Å². The quantitative estimate of drug-likeness (QED) is 0.814. The first-order valence-electron chi connectivity index (χ1n) is 6.15. The summed E-state index contributed by atoms with van der Waals surface area (Å²) in [5, 5.41) is 2.76. The molecule has 18 heavy (non-hydrogen) atoms. The molecule has 5 heteroatoms. The lowest BCUT2D eigenvalue weighted by Gasteiger charge is -2.04. The van der Waals surface area contributed by atoms with Crippen molar-refractivity contribution in [3.05, 3.63) is 30.1 Å². The number of fused-ring (bicyclic) bond motifs is 1. The molecule has 0 radical (unpaired) electrons. The Balaban J connectivity index is 2.13. The molecule has 0 atom stereocenters. The number of rotatable bonds is 5. The zero-order valence-corrected chi connectivity index (χ0v) is 10.5. The Morgan fingerprint density at radius 3 is 3.06 bits per heavy atom. The van der Waals surface area contributed by atoms with Crippen molar-refractivity contribution >= 4 is 16.9 Å². The van der Waals surface area contributed by atoms with Crippen LogP contribution in [0.5, 0.6) is 0 Å². The first-order valence-corrected chi connectivity index (χ1v) is 6.15. The van der Waals surface area contributed by atoms with Crippen LogP contribution in [0.25, 0.3) is 11.0 Å². The first-order chi connectivity index (χ1) is 8.74. The molecule has 2 rings (SSSR count). The molecule has 0 aliphatic heterocycles. The number of carbonyl (C=O) groups is 1. The van der Waals surface area contributed by atoms with Crippen molar-refractivity contribution in [3.8, 4) is 0 Å². The van der Waals surface area contributed by atoms with E-state index in [4.69, 9.17) is 5.73 Å². The topological polar surface area (TPSA) is 72.9 Å². The van der Waals surface area contributed by atoms with E-state index in [-0.39, 0.29) is 5.91 Å². The number of aryl methyl sites for hydroxylation is 1. The van der Waals surface area contributed by atoms with Crippen LogP contribution < -0.4 is 11.1 Å². The third-order valence-electron chi connectivity index (χ3n) is 2.86. The second-order valence-corrected chi connectivity index (χ2v) is 4.17. The zero-order valence-electron chi connectivity index (χ0n) is 10.5. The molecule has 1 aromatic carbocycles. The molecule has 0 aliphatic carbocycles. The molecule has 2 aromatic rings. The van der Waals surface area contributed by atoms with Gasteiger partial charge in [-0.3, -0.25) is 4.79 Å². The average Bonchev–Trinajstić information content (AvgIpc) is 2.78. The third kappa shape index (κ3) is 2.68. The highest BCUT2D eigenvalue weighted by atomic mass is 16.1. The number of nitrogens with one attached hydrogen (secondary N) is 1. The largest absolute Gasteiger partial charge is 0.355 e. The first kappa shape index (κ1) is 12.6. The van der Waals surface area contributed by atoms with E-state index >= 15 is 0 Å². The maximum Gasteiger partial charge on any atom is 0.224 e. The van der Waals surface area contributed by atoms with Crippen LogP contribution >= 0.6 is 0 Å². The van der Waals surface area contributed by atoms with Crippen LogP contribution in [0.2, 0.25) is 0 Å². The number of nitrogens with two attached hydrogens (primary N) is 1. The van der Waals surface area contributed by atoms with E-state index in [9.17, 15) is 4.79 Å². The summed E-state index contributed by atoms with van der Waals surface area (Å²) in [5.74, 6) is -0.00489. The fraction of sp³-hybridized carbons (Fsp3) is 0.385. The Hall–Kier alpha value is -1.88. The average molecular weight is 246 g/mol. The Labute approximate surface area is 106 Å². The molecular formula is C13H18N4O. The number of carbonyl (C=O) groups excluding carboxylic acids is 1. The van der Waals surface area contributed by atoms with Gasteiger partial charge in [-0.15, -0.1) is 0 Å². The predicted octanol–water partition coefficient (Wildman–Crippen LogP) is 0.674.